The van der Waals surface area contributed by atoms with Crippen molar-refractivity contribution in [2.45, 2.75) is 29.6 Å². The average molecular weight is 361 g/mol. The predicted octanol–water partition coefficient (Wildman–Crippen LogP) is 4.96. The van der Waals surface area contributed by atoms with Gasteiger partial charge >= 0.3 is 0 Å². The van der Waals surface area contributed by atoms with Gasteiger partial charge < -0.3 is 0 Å². The summed E-state index contributed by atoms with van der Waals surface area (Å²) in [7, 11) is 0. The minimum Gasteiger partial charge on any atom is -0.296 e. The summed E-state index contributed by atoms with van der Waals surface area (Å²) >= 11 is 1.73. The minimum absolute atomic E-state index is 0.0822. The third-order valence-electron chi connectivity index (χ3n) is 4.25. The van der Waals surface area contributed by atoms with Gasteiger partial charge in [-0.1, -0.05) is 55.9 Å². The van der Waals surface area contributed by atoms with E-state index in [9.17, 15) is 4.79 Å². The number of aromatic nitrogens is 3. The molecule has 2 heterocycles. The van der Waals surface area contributed by atoms with Crippen LogP contribution in [0.25, 0.3) is 16.8 Å². The third-order valence-corrected chi connectivity index (χ3v) is 5.27. The van der Waals surface area contributed by atoms with Crippen LogP contribution in [0.4, 0.5) is 0 Å². The molecule has 1 N–H and O–H groups in total. The van der Waals surface area contributed by atoms with Crippen LogP contribution in [0.5, 0.6) is 0 Å². The smallest absolute Gasteiger partial charge is 0.272 e. The van der Waals surface area contributed by atoms with Gasteiger partial charge in [-0.25, -0.2) is 9.50 Å². The van der Waals surface area contributed by atoms with Crippen molar-refractivity contribution in [3.05, 3.63) is 82.9 Å². The molecule has 4 rings (SSSR count). The second-order valence-corrected chi connectivity index (χ2v) is 7.61. The van der Waals surface area contributed by atoms with Gasteiger partial charge in [-0.3, -0.25) is 9.89 Å². The van der Waals surface area contributed by atoms with Gasteiger partial charge in [0.05, 0.1) is 5.69 Å². The Morgan fingerprint density at radius 2 is 1.69 bits per heavy atom. The van der Waals surface area contributed by atoms with Gasteiger partial charge in [0.15, 0.2) is 5.65 Å². The Hall–Kier alpha value is -2.79. The molecule has 2 aromatic heterocycles. The molecular weight excluding hydrogens is 342 g/mol. The number of benzene rings is 2. The van der Waals surface area contributed by atoms with Crippen LogP contribution < -0.4 is 5.56 Å². The van der Waals surface area contributed by atoms with Crippen LogP contribution in [0, 0.1) is 0 Å². The Balaban J connectivity index is 1.70. The van der Waals surface area contributed by atoms with Crippen LogP contribution in [0.3, 0.4) is 0 Å². The second kappa shape index (κ2) is 6.84. The van der Waals surface area contributed by atoms with Crippen LogP contribution in [0.15, 0.2) is 81.4 Å². The Bertz CT molecular complexity index is 1100. The maximum atomic E-state index is 12.3. The van der Waals surface area contributed by atoms with Crippen molar-refractivity contribution in [3.63, 3.8) is 0 Å². The van der Waals surface area contributed by atoms with Crippen molar-refractivity contribution in [1.29, 1.82) is 0 Å². The van der Waals surface area contributed by atoms with Crippen molar-refractivity contribution >= 4 is 17.4 Å². The number of hydrogen-bond acceptors (Lipinski definition) is 3. The molecule has 5 heteroatoms. The van der Waals surface area contributed by atoms with E-state index >= 15 is 0 Å². The van der Waals surface area contributed by atoms with Crippen LogP contribution in [-0.2, 0) is 0 Å². The summed E-state index contributed by atoms with van der Waals surface area (Å²) in [6.07, 6.45) is 1.84. The molecule has 0 amide bonds. The fraction of sp³-hybridized carbons (Fsp3) is 0.143. The number of nitrogens with zero attached hydrogens (tertiary/aromatic N) is 2. The highest BCUT2D eigenvalue weighted by molar-refractivity contribution is 7.99. The zero-order valence-corrected chi connectivity index (χ0v) is 15.5. The fourth-order valence-corrected chi connectivity index (χ4v) is 3.67. The summed E-state index contributed by atoms with van der Waals surface area (Å²) < 4.78 is 1.49. The molecule has 130 valence electrons. The standard InChI is InChI=1S/C21H19N3OS/c1-14(2)19-12-20(25)24-21(23-19)18(13-22-24)15-8-10-17(11-9-15)26-16-6-4-3-5-7-16/h3-14,22H,1-2H3. The van der Waals surface area contributed by atoms with Crippen molar-refractivity contribution in [3.8, 4) is 11.1 Å². The number of fused-ring (bicyclic) bond motifs is 1. The van der Waals surface area contributed by atoms with Gasteiger partial charge in [-0.05, 0) is 35.7 Å². The lowest BCUT2D eigenvalue weighted by Crippen LogP contribution is -2.16. The zero-order valence-electron chi connectivity index (χ0n) is 14.6. The Morgan fingerprint density at radius 3 is 2.38 bits per heavy atom. The van der Waals surface area contributed by atoms with Crippen LogP contribution in [-0.4, -0.2) is 14.6 Å². The van der Waals surface area contributed by atoms with Gasteiger partial charge in [0.2, 0.25) is 0 Å². The van der Waals surface area contributed by atoms with E-state index in [2.05, 4.69) is 46.5 Å². The Labute approximate surface area is 155 Å². The van der Waals surface area contributed by atoms with Crippen LogP contribution in [0.1, 0.15) is 25.5 Å². The number of aromatic amines is 1. The molecule has 0 aliphatic heterocycles. The van der Waals surface area contributed by atoms with Gasteiger partial charge in [0.25, 0.3) is 5.56 Å². The van der Waals surface area contributed by atoms with E-state index in [0.717, 1.165) is 16.8 Å². The van der Waals surface area contributed by atoms with E-state index in [1.54, 1.807) is 17.8 Å². The van der Waals surface area contributed by atoms with Gasteiger partial charge in [-0.15, -0.1) is 0 Å². The molecule has 0 saturated carbocycles. The molecule has 0 saturated heterocycles. The van der Waals surface area contributed by atoms with E-state index in [0.29, 0.717) is 5.65 Å². The number of hydrogen-bond donors (Lipinski definition) is 1. The normalized spacial score (nSPS) is 11.3. The summed E-state index contributed by atoms with van der Waals surface area (Å²) in [4.78, 5) is 19.4. The fourth-order valence-electron chi connectivity index (χ4n) is 2.83. The molecule has 2 aromatic carbocycles. The summed E-state index contributed by atoms with van der Waals surface area (Å²) in [5.74, 6) is 0.208. The molecule has 4 aromatic rings. The highest BCUT2D eigenvalue weighted by atomic mass is 32.2. The van der Waals surface area contributed by atoms with E-state index in [1.165, 1.54) is 14.3 Å². The van der Waals surface area contributed by atoms with Crippen molar-refractivity contribution in [2.24, 2.45) is 0 Å². The Morgan fingerprint density at radius 1 is 1.00 bits per heavy atom. The number of H-pyrrole nitrogens is 1. The highest BCUT2D eigenvalue weighted by Gasteiger charge is 2.12. The lowest BCUT2D eigenvalue weighted by Gasteiger charge is -2.06. The number of nitrogens with one attached hydrogen (secondary N) is 1. The van der Waals surface area contributed by atoms with Gasteiger partial charge in [-0.2, -0.15) is 0 Å². The zero-order chi connectivity index (χ0) is 18.1. The molecular formula is C21H19N3OS. The molecule has 26 heavy (non-hydrogen) atoms. The molecule has 4 nitrogen and oxygen atoms in total. The van der Waals surface area contributed by atoms with Gasteiger partial charge in [0, 0.05) is 27.6 Å². The molecule has 0 atom stereocenters. The lowest BCUT2D eigenvalue weighted by molar-refractivity contribution is 0.797. The monoisotopic (exact) mass is 361 g/mol. The molecule has 0 bridgehead atoms. The topological polar surface area (TPSA) is 50.2 Å². The molecule has 0 spiro atoms. The molecule has 0 fully saturated rings. The first-order valence-electron chi connectivity index (χ1n) is 8.56. The predicted molar refractivity (Wildman–Crippen MR) is 106 cm³/mol. The highest BCUT2D eigenvalue weighted by Crippen LogP contribution is 2.30. The van der Waals surface area contributed by atoms with E-state index in [1.807, 2.05) is 38.2 Å². The number of rotatable bonds is 4. The Kier molecular flexibility index (Phi) is 4.39. The van der Waals surface area contributed by atoms with E-state index < -0.39 is 0 Å². The third kappa shape index (κ3) is 3.18. The first kappa shape index (κ1) is 16.7. The average Bonchev–Trinajstić information content (AvgIpc) is 3.08. The minimum atomic E-state index is -0.0822. The first-order chi connectivity index (χ1) is 12.6. The summed E-state index contributed by atoms with van der Waals surface area (Å²) in [6.45, 7) is 4.08. The van der Waals surface area contributed by atoms with E-state index in [4.69, 9.17) is 0 Å². The molecule has 0 radical (unpaired) electrons. The van der Waals surface area contributed by atoms with Gasteiger partial charge in [0.1, 0.15) is 0 Å². The second-order valence-electron chi connectivity index (χ2n) is 6.46. The van der Waals surface area contributed by atoms with Crippen molar-refractivity contribution < 1.29 is 0 Å². The molecule has 0 aliphatic rings. The van der Waals surface area contributed by atoms with E-state index in [-0.39, 0.29) is 11.5 Å². The van der Waals surface area contributed by atoms with Crippen molar-refractivity contribution in [2.75, 3.05) is 0 Å². The van der Waals surface area contributed by atoms with Crippen molar-refractivity contribution in [1.82, 2.24) is 14.6 Å². The summed E-state index contributed by atoms with van der Waals surface area (Å²) in [6, 6.07) is 20.2. The summed E-state index contributed by atoms with van der Waals surface area (Å²) in [5, 5.41) is 3.01. The molecule has 0 aliphatic carbocycles. The lowest BCUT2D eigenvalue weighted by atomic mass is 10.1. The van der Waals surface area contributed by atoms with Crippen LogP contribution >= 0.6 is 11.8 Å². The summed E-state index contributed by atoms with van der Waals surface area (Å²) in [5.41, 5.74) is 3.37. The largest absolute Gasteiger partial charge is 0.296 e. The first-order valence-corrected chi connectivity index (χ1v) is 9.38. The maximum Gasteiger partial charge on any atom is 0.272 e. The van der Waals surface area contributed by atoms with Crippen LogP contribution in [0.2, 0.25) is 0 Å². The maximum absolute atomic E-state index is 12.3. The quantitative estimate of drug-likeness (QED) is 0.559. The SMILES string of the molecule is CC(C)c1cc(=O)n2[nH]cc(-c3ccc(Sc4ccccc4)cc3)c2n1. The molecule has 0 unspecified atom stereocenters.